The molecule has 62 heavy (non-hydrogen) atoms. The van der Waals surface area contributed by atoms with Gasteiger partial charge in [0.05, 0.1) is 46.0 Å². The summed E-state index contributed by atoms with van der Waals surface area (Å²) >= 11 is 0. The Morgan fingerprint density at radius 1 is 0.919 bits per heavy atom. The molecule has 1 aromatic heterocycles. The van der Waals surface area contributed by atoms with Crippen LogP contribution in [0.5, 0.6) is 11.5 Å². The van der Waals surface area contributed by atoms with E-state index in [-0.39, 0.29) is 61.2 Å². The first-order valence-electron chi connectivity index (χ1n) is 21.4. The Balaban J connectivity index is 1.53. The molecule has 1 aliphatic rings. The smallest absolute Gasteiger partial charge is 0.351 e. The van der Waals surface area contributed by atoms with Crippen LogP contribution in [0.3, 0.4) is 0 Å². The van der Waals surface area contributed by atoms with Gasteiger partial charge in [-0.05, 0) is 92.5 Å². The lowest BCUT2D eigenvalue weighted by molar-refractivity contribution is -0.117. The molecular formula is C48H64N5O8P. The molecule has 1 aliphatic heterocycles. The highest BCUT2D eigenvalue weighted by Crippen LogP contribution is 2.50. The first-order chi connectivity index (χ1) is 29.6. The quantitative estimate of drug-likeness (QED) is 0.0485. The van der Waals surface area contributed by atoms with Gasteiger partial charge in [-0.15, -0.1) is 0 Å². The molecule has 1 N–H and O–H groups in total. The lowest BCUT2D eigenvalue weighted by atomic mass is 9.80. The molecule has 0 saturated carbocycles. The number of anilines is 1. The molecule has 13 nitrogen and oxygen atoms in total. The fourth-order valence-corrected chi connectivity index (χ4v) is 9.91. The molecule has 0 spiro atoms. The van der Waals surface area contributed by atoms with Crippen molar-refractivity contribution in [3.05, 3.63) is 118 Å². The van der Waals surface area contributed by atoms with Gasteiger partial charge in [0.1, 0.15) is 35.2 Å². The third kappa shape index (κ3) is 12.5. The topological polar surface area (TPSA) is 146 Å². The minimum Gasteiger partial charge on any atom is -0.497 e. The van der Waals surface area contributed by atoms with Gasteiger partial charge in [-0.1, -0.05) is 82.3 Å². The van der Waals surface area contributed by atoms with Crippen LogP contribution in [0.4, 0.5) is 5.82 Å². The Morgan fingerprint density at radius 3 is 2.02 bits per heavy atom. The molecule has 1 fully saturated rings. The lowest BCUT2D eigenvalue weighted by Crippen LogP contribution is -2.39. The summed E-state index contributed by atoms with van der Waals surface area (Å²) < 4.78 is 42.1. The number of nitrogens with zero attached hydrogens (tertiary/aromatic N) is 4. The van der Waals surface area contributed by atoms with Gasteiger partial charge < -0.3 is 33.3 Å². The first kappa shape index (κ1) is 48.4. The van der Waals surface area contributed by atoms with Gasteiger partial charge >= 0.3 is 5.69 Å². The van der Waals surface area contributed by atoms with Gasteiger partial charge in [-0.25, -0.2) is 9.46 Å². The zero-order chi connectivity index (χ0) is 45.0. The molecule has 334 valence electrons. The summed E-state index contributed by atoms with van der Waals surface area (Å²) in [6, 6.07) is 29.5. The van der Waals surface area contributed by atoms with Crippen LogP contribution in [0.1, 0.15) is 104 Å². The van der Waals surface area contributed by atoms with Crippen LogP contribution < -0.4 is 20.5 Å². The molecule has 0 aliphatic carbocycles. The molecule has 1 saturated heterocycles. The zero-order valence-electron chi connectivity index (χ0n) is 37.9. The van der Waals surface area contributed by atoms with Crippen molar-refractivity contribution in [2.75, 3.05) is 32.8 Å². The second-order valence-electron chi connectivity index (χ2n) is 17.5. The summed E-state index contributed by atoms with van der Waals surface area (Å²) in [5.41, 5.74) is 0.931. The highest BCUT2D eigenvalue weighted by atomic mass is 31.2. The number of carbonyl (C=O) groups is 1. The molecular weight excluding hydrogens is 806 g/mol. The van der Waals surface area contributed by atoms with E-state index >= 15 is 0 Å². The summed E-state index contributed by atoms with van der Waals surface area (Å²) in [4.78, 5) is 31.0. The maximum atomic E-state index is 13.8. The first-order valence-corrected chi connectivity index (χ1v) is 22.5. The fourth-order valence-electron chi connectivity index (χ4n) is 8.15. The predicted octanol–water partition coefficient (Wildman–Crippen LogP) is 9.62. The van der Waals surface area contributed by atoms with Gasteiger partial charge in [-0.3, -0.25) is 9.36 Å². The number of amides is 1. The van der Waals surface area contributed by atoms with E-state index in [1.165, 1.54) is 4.57 Å². The second kappa shape index (κ2) is 22.1. The summed E-state index contributed by atoms with van der Waals surface area (Å²) in [5.74, 6) is 1.53. The Bertz CT molecular complexity index is 2060. The Kier molecular flexibility index (Phi) is 17.2. The second-order valence-corrected chi connectivity index (χ2v) is 18.9. The van der Waals surface area contributed by atoms with E-state index in [0.717, 1.165) is 23.1 Å². The number of aromatic nitrogens is 2. The number of methoxy groups -OCH3 is 2. The van der Waals surface area contributed by atoms with Gasteiger partial charge in [0.25, 0.3) is 8.53 Å². The standard InChI is InChI=1S/C48H64N5O8P/c1-33(2)53(34(3)4)62(59-28-14-26-49)61-41-30-45(52-27-25-43(51-46(52)55)50-44(54)29-35(5)31-47(6,7)8)60-42(41)32-58-48(36-15-12-11-13-16-36,37-17-21-39(56-9)22-18-37)38-19-23-40(57-10)24-20-38/h11-13,15-25,27,33-35,41-42,45H,14,28-32H2,1-10H3,(H,50,51,54,55)/t35?,41-,42+,45+,62?/m0/s1. The number of hydrogen-bond acceptors (Lipinski definition) is 11. The molecule has 14 heteroatoms. The van der Waals surface area contributed by atoms with E-state index in [1.807, 2.05) is 85.8 Å². The Labute approximate surface area is 368 Å². The van der Waals surface area contributed by atoms with E-state index in [4.69, 9.17) is 28.0 Å². The zero-order valence-corrected chi connectivity index (χ0v) is 38.8. The van der Waals surface area contributed by atoms with Crippen molar-refractivity contribution in [2.45, 2.75) is 117 Å². The number of rotatable bonds is 21. The summed E-state index contributed by atoms with van der Waals surface area (Å²) in [6.07, 6.45) is 1.14. The van der Waals surface area contributed by atoms with Crippen molar-refractivity contribution >= 4 is 20.3 Å². The van der Waals surface area contributed by atoms with Gasteiger partial charge in [-0.2, -0.15) is 10.2 Å². The molecule has 0 radical (unpaired) electrons. The summed E-state index contributed by atoms with van der Waals surface area (Å²) in [6.45, 7) is 17.0. The van der Waals surface area contributed by atoms with Crippen molar-refractivity contribution in [1.82, 2.24) is 14.2 Å². The van der Waals surface area contributed by atoms with Crippen molar-refractivity contribution < 1.29 is 32.8 Å². The predicted molar refractivity (Wildman–Crippen MR) is 242 cm³/mol. The molecule has 0 bridgehead atoms. The monoisotopic (exact) mass is 869 g/mol. The van der Waals surface area contributed by atoms with Gasteiger partial charge in [0.2, 0.25) is 5.91 Å². The third-order valence-corrected chi connectivity index (χ3v) is 12.8. The van der Waals surface area contributed by atoms with Crippen LogP contribution in [0.15, 0.2) is 95.9 Å². The van der Waals surface area contributed by atoms with Crippen molar-refractivity contribution in [3.63, 3.8) is 0 Å². The van der Waals surface area contributed by atoms with Crippen LogP contribution in [0.2, 0.25) is 0 Å². The highest BCUT2D eigenvalue weighted by Gasteiger charge is 2.45. The average Bonchev–Trinajstić information content (AvgIpc) is 3.62. The molecule has 3 aromatic carbocycles. The van der Waals surface area contributed by atoms with E-state index in [0.29, 0.717) is 17.9 Å². The van der Waals surface area contributed by atoms with Crippen LogP contribution in [-0.4, -0.2) is 71.9 Å². The maximum Gasteiger partial charge on any atom is 0.351 e. The number of nitriles is 1. The molecule has 5 atom stereocenters. The molecule has 1 amide bonds. The largest absolute Gasteiger partial charge is 0.497 e. The number of ether oxygens (including phenoxy) is 4. The Morgan fingerprint density at radius 2 is 1.50 bits per heavy atom. The molecule has 5 rings (SSSR count). The Hall–Kier alpha value is -4.67. The minimum absolute atomic E-state index is 0.0297. The van der Waals surface area contributed by atoms with Gasteiger partial charge in [0.15, 0.2) is 0 Å². The van der Waals surface area contributed by atoms with E-state index < -0.39 is 38.3 Å². The van der Waals surface area contributed by atoms with E-state index in [9.17, 15) is 14.9 Å². The van der Waals surface area contributed by atoms with Crippen LogP contribution in [-0.2, 0) is 28.9 Å². The van der Waals surface area contributed by atoms with E-state index in [2.05, 4.69) is 69.5 Å². The summed E-state index contributed by atoms with van der Waals surface area (Å²) in [7, 11) is 1.57. The summed E-state index contributed by atoms with van der Waals surface area (Å²) in [5, 5.41) is 12.2. The third-order valence-electron chi connectivity index (χ3n) is 10.6. The van der Waals surface area contributed by atoms with Crippen LogP contribution in [0, 0.1) is 22.7 Å². The number of hydrogen-bond donors (Lipinski definition) is 1. The average molecular weight is 870 g/mol. The van der Waals surface area contributed by atoms with Crippen LogP contribution >= 0.6 is 8.53 Å². The van der Waals surface area contributed by atoms with E-state index in [1.54, 1.807) is 26.5 Å². The minimum atomic E-state index is -1.69. The van der Waals surface area contributed by atoms with Crippen LogP contribution in [0.25, 0.3) is 0 Å². The number of nitrogens with one attached hydrogen (secondary N) is 1. The normalized spacial score (nSPS) is 17.8. The van der Waals surface area contributed by atoms with Crippen molar-refractivity contribution in [3.8, 4) is 17.6 Å². The number of carbonyl (C=O) groups excluding carboxylic acids is 1. The maximum absolute atomic E-state index is 13.8. The SMILES string of the molecule is COc1ccc(C(OC[C@H]2O[C@@H](n3ccc(NC(=O)CC(C)CC(C)(C)C)nc3=O)C[C@@H]2OP(OCCC#N)N(C(C)C)C(C)C)(c2ccccc2)c2ccc(OC)cc2)cc1. The highest BCUT2D eigenvalue weighted by molar-refractivity contribution is 7.44. The fraction of sp³-hybridized carbons (Fsp3) is 0.500. The van der Waals surface area contributed by atoms with Gasteiger partial charge in [0, 0.05) is 31.1 Å². The molecule has 2 heterocycles. The van der Waals surface area contributed by atoms with Crippen molar-refractivity contribution in [2.24, 2.45) is 11.3 Å². The number of benzene rings is 3. The lowest BCUT2D eigenvalue weighted by Gasteiger charge is -2.39. The van der Waals surface area contributed by atoms with Crippen molar-refractivity contribution in [1.29, 1.82) is 5.26 Å². The molecule has 2 unspecified atom stereocenters. The molecule has 4 aromatic rings.